The molecule has 0 saturated carbocycles. The van der Waals surface area contributed by atoms with Crippen LogP contribution in [0.3, 0.4) is 0 Å². The normalized spacial score (nSPS) is 11.8. The molecule has 0 fully saturated rings. The molecule has 0 spiro atoms. The zero-order chi connectivity index (χ0) is 18.1. The Morgan fingerprint density at radius 2 is 1.46 bits per heavy atom. The van der Waals surface area contributed by atoms with E-state index >= 15 is 0 Å². The highest BCUT2D eigenvalue weighted by molar-refractivity contribution is 7.89. The first-order chi connectivity index (χ1) is 11.2. The van der Waals surface area contributed by atoms with Gasteiger partial charge in [0, 0.05) is 13.6 Å². The summed E-state index contributed by atoms with van der Waals surface area (Å²) in [5.41, 5.74) is 4.55. The third-order valence-corrected chi connectivity index (χ3v) is 6.61. The SMILES string of the molecule is COc1ccc(CN(C)S(=O)(=O)c2c(C)c(C)cc(C)c2C)cc1. The number of hydrogen-bond acceptors (Lipinski definition) is 3. The lowest BCUT2D eigenvalue weighted by molar-refractivity contribution is 0.414. The molecular weight excluding hydrogens is 322 g/mol. The van der Waals surface area contributed by atoms with Crippen LogP contribution in [-0.2, 0) is 16.6 Å². The van der Waals surface area contributed by atoms with Crippen molar-refractivity contribution in [3.63, 3.8) is 0 Å². The van der Waals surface area contributed by atoms with Crippen LogP contribution in [0, 0.1) is 27.7 Å². The summed E-state index contributed by atoms with van der Waals surface area (Å²) in [6.07, 6.45) is 0. The Labute approximate surface area is 145 Å². The molecular formula is C19H25NO3S. The Kier molecular flexibility index (Phi) is 5.35. The summed E-state index contributed by atoms with van der Waals surface area (Å²) in [5, 5.41) is 0. The average molecular weight is 347 g/mol. The van der Waals surface area contributed by atoms with E-state index in [2.05, 4.69) is 0 Å². The molecule has 2 rings (SSSR count). The van der Waals surface area contributed by atoms with E-state index < -0.39 is 10.0 Å². The molecule has 24 heavy (non-hydrogen) atoms. The van der Waals surface area contributed by atoms with Gasteiger partial charge in [-0.1, -0.05) is 18.2 Å². The molecule has 0 unspecified atom stereocenters. The van der Waals surface area contributed by atoms with E-state index in [1.165, 1.54) is 4.31 Å². The van der Waals surface area contributed by atoms with Gasteiger partial charge in [-0.15, -0.1) is 0 Å². The molecule has 0 heterocycles. The van der Waals surface area contributed by atoms with Gasteiger partial charge in [-0.2, -0.15) is 4.31 Å². The van der Waals surface area contributed by atoms with E-state index in [4.69, 9.17) is 4.74 Å². The van der Waals surface area contributed by atoms with Crippen molar-refractivity contribution in [2.45, 2.75) is 39.1 Å². The standard InChI is InChI=1S/C19H25NO3S/c1-13-11-14(2)16(4)19(15(13)3)24(21,22)20(5)12-17-7-9-18(23-6)10-8-17/h7-11H,12H2,1-6H3. The lowest BCUT2D eigenvalue weighted by Gasteiger charge is -2.22. The summed E-state index contributed by atoms with van der Waals surface area (Å²) >= 11 is 0. The van der Waals surface area contributed by atoms with Crippen LogP contribution >= 0.6 is 0 Å². The minimum atomic E-state index is -3.56. The lowest BCUT2D eigenvalue weighted by atomic mass is 10.0. The summed E-state index contributed by atoms with van der Waals surface area (Å²) in [4.78, 5) is 0.427. The van der Waals surface area contributed by atoms with Crippen LogP contribution in [0.1, 0.15) is 27.8 Å². The summed E-state index contributed by atoms with van der Waals surface area (Å²) in [7, 11) is -0.328. The maximum absolute atomic E-state index is 13.1. The van der Waals surface area contributed by atoms with Crippen molar-refractivity contribution in [2.24, 2.45) is 0 Å². The van der Waals surface area contributed by atoms with Crippen molar-refractivity contribution < 1.29 is 13.2 Å². The van der Waals surface area contributed by atoms with Crippen molar-refractivity contribution in [2.75, 3.05) is 14.2 Å². The minimum absolute atomic E-state index is 0.318. The monoisotopic (exact) mass is 347 g/mol. The van der Waals surface area contributed by atoms with Gasteiger partial charge in [-0.05, 0) is 67.6 Å². The molecule has 0 atom stereocenters. The minimum Gasteiger partial charge on any atom is -0.497 e. The molecule has 0 amide bonds. The molecule has 5 heteroatoms. The molecule has 2 aromatic rings. The second-order valence-corrected chi connectivity index (χ2v) is 8.18. The van der Waals surface area contributed by atoms with Crippen LogP contribution in [0.25, 0.3) is 0 Å². The molecule has 0 aliphatic heterocycles. The van der Waals surface area contributed by atoms with Gasteiger partial charge in [0.05, 0.1) is 12.0 Å². The molecule has 4 nitrogen and oxygen atoms in total. The van der Waals surface area contributed by atoms with Gasteiger partial charge in [0.15, 0.2) is 0 Å². The van der Waals surface area contributed by atoms with E-state index in [1.807, 2.05) is 58.0 Å². The van der Waals surface area contributed by atoms with Crippen LogP contribution in [0.2, 0.25) is 0 Å². The molecule has 0 bridgehead atoms. The summed E-state index contributed by atoms with van der Waals surface area (Å²) in [6, 6.07) is 9.47. The van der Waals surface area contributed by atoms with Crippen molar-refractivity contribution in [1.29, 1.82) is 0 Å². The van der Waals surface area contributed by atoms with E-state index in [9.17, 15) is 8.42 Å². The number of benzene rings is 2. The fourth-order valence-electron chi connectivity index (χ4n) is 2.80. The van der Waals surface area contributed by atoms with Crippen LogP contribution < -0.4 is 4.74 Å². The number of methoxy groups -OCH3 is 1. The highest BCUT2D eigenvalue weighted by Gasteiger charge is 2.26. The maximum Gasteiger partial charge on any atom is 0.243 e. The molecule has 0 aliphatic rings. The number of ether oxygens (including phenoxy) is 1. The Hall–Kier alpha value is -1.85. The Bertz CT molecular complexity index is 814. The van der Waals surface area contributed by atoms with Crippen LogP contribution in [0.5, 0.6) is 5.75 Å². The quantitative estimate of drug-likeness (QED) is 0.827. The zero-order valence-corrected chi connectivity index (χ0v) is 16.0. The molecule has 0 saturated heterocycles. The average Bonchev–Trinajstić information content (AvgIpc) is 2.53. The fourth-order valence-corrected chi connectivity index (χ4v) is 4.52. The van der Waals surface area contributed by atoms with Crippen molar-refractivity contribution in [3.8, 4) is 5.75 Å². The van der Waals surface area contributed by atoms with Gasteiger partial charge in [-0.25, -0.2) is 8.42 Å². The van der Waals surface area contributed by atoms with Crippen molar-refractivity contribution in [1.82, 2.24) is 4.31 Å². The fraction of sp³-hybridized carbons (Fsp3) is 0.368. The summed E-state index contributed by atoms with van der Waals surface area (Å²) < 4.78 is 32.8. The first kappa shape index (κ1) is 18.5. The zero-order valence-electron chi connectivity index (χ0n) is 15.2. The maximum atomic E-state index is 13.1. The van der Waals surface area contributed by atoms with Gasteiger partial charge in [0.1, 0.15) is 5.75 Å². The molecule has 0 N–H and O–H groups in total. The number of nitrogens with zero attached hydrogens (tertiary/aromatic N) is 1. The van der Waals surface area contributed by atoms with E-state index in [-0.39, 0.29) is 0 Å². The van der Waals surface area contributed by atoms with Gasteiger partial charge < -0.3 is 4.74 Å². The Balaban J connectivity index is 2.39. The lowest BCUT2D eigenvalue weighted by Crippen LogP contribution is -2.28. The van der Waals surface area contributed by atoms with Gasteiger partial charge in [-0.3, -0.25) is 0 Å². The first-order valence-corrected chi connectivity index (χ1v) is 9.29. The number of hydrogen-bond donors (Lipinski definition) is 0. The molecule has 0 radical (unpaired) electrons. The van der Waals surface area contributed by atoms with E-state index in [0.717, 1.165) is 33.6 Å². The molecule has 130 valence electrons. The third-order valence-electron chi connectivity index (χ3n) is 4.53. The second-order valence-electron chi connectivity index (χ2n) is 6.20. The topological polar surface area (TPSA) is 46.6 Å². The Morgan fingerprint density at radius 3 is 1.92 bits per heavy atom. The van der Waals surface area contributed by atoms with Crippen molar-refractivity contribution in [3.05, 3.63) is 58.1 Å². The predicted molar refractivity (Wildman–Crippen MR) is 97.0 cm³/mol. The number of rotatable bonds is 5. The summed E-state index contributed by atoms with van der Waals surface area (Å²) in [5.74, 6) is 0.755. The largest absolute Gasteiger partial charge is 0.497 e. The van der Waals surface area contributed by atoms with Crippen LogP contribution in [0.4, 0.5) is 0 Å². The van der Waals surface area contributed by atoms with Crippen LogP contribution in [-0.4, -0.2) is 26.9 Å². The molecule has 2 aromatic carbocycles. The molecule has 0 aliphatic carbocycles. The van der Waals surface area contributed by atoms with Crippen molar-refractivity contribution >= 4 is 10.0 Å². The highest BCUT2D eigenvalue weighted by Crippen LogP contribution is 2.29. The van der Waals surface area contributed by atoms with Gasteiger partial charge in [0.25, 0.3) is 0 Å². The van der Waals surface area contributed by atoms with E-state index in [0.29, 0.717) is 11.4 Å². The second kappa shape index (κ2) is 6.95. The highest BCUT2D eigenvalue weighted by atomic mass is 32.2. The predicted octanol–water partition coefficient (Wildman–Crippen LogP) is 3.75. The number of aryl methyl sites for hydroxylation is 2. The molecule has 0 aromatic heterocycles. The Morgan fingerprint density at radius 1 is 0.958 bits per heavy atom. The van der Waals surface area contributed by atoms with Gasteiger partial charge >= 0.3 is 0 Å². The van der Waals surface area contributed by atoms with Gasteiger partial charge in [0.2, 0.25) is 10.0 Å². The van der Waals surface area contributed by atoms with E-state index in [1.54, 1.807) is 14.2 Å². The summed E-state index contributed by atoms with van der Waals surface area (Å²) in [6.45, 7) is 7.96. The third kappa shape index (κ3) is 3.47. The van der Waals surface area contributed by atoms with Crippen LogP contribution in [0.15, 0.2) is 35.2 Å². The first-order valence-electron chi connectivity index (χ1n) is 7.85. The smallest absolute Gasteiger partial charge is 0.243 e. The number of sulfonamides is 1.